The van der Waals surface area contributed by atoms with Gasteiger partial charge in [0.2, 0.25) is 16.7 Å². The van der Waals surface area contributed by atoms with E-state index in [1.54, 1.807) is 29.2 Å². The largest absolute Gasteiger partial charge is 0.350 e. The minimum absolute atomic E-state index is 0.132. The first kappa shape index (κ1) is 22.5. The Balaban J connectivity index is 1.44. The van der Waals surface area contributed by atoms with Gasteiger partial charge in [0.05, 0.1) is 11.4 Å². The molecule has 1 N–H and O–H groups in total. The van der Waals surface area contributed by atoms with Gasteiger partial charge in [0.1, 0.15) is 6.54 Å². The van der Waals surface area contributed by atoms with Gasteiger partial charge in [-0.3, -0.25) is 24.2 Å². The number of fused-ring (bicyclic) bond motifs is 2. The van der Waals surface area contributed by atoms with Gasteiger partial charge in [0, 0.05) is 22.8 Å². The molecule has 1 fully saturated rings. The maximum Gasteiger partial charge on any atom is 0.269 e. The van der Waals surface area contributed by atoms with Crippen LogP contribution in [0, 0.1) is 6.92 Å². The van der Waals surface area contributed by atoms with E-state index in [1.807, 2.05) is 55.5 Å². The molecule has 2 aliphatic rings. The average molecular weight is 492 g/mol. The first-order chi connectivity index (χ1) is 16.4. The molecule has 1 spiro atoms. The number of thioether (sulfide) groups is 1. The van der Waals surface area contributed by atoms with Crippen molar-refractivity contribution in [3.8, 4) is 0 Å². The summed E-state index contributed by atoms with van der Waals surface area (Å²) in [5.41, 5.74) is 4.06. The molecule has 172 valence electrons. The maximum absolute atomic E-state index is 13.9. The molecule has 3 aromatic rings. The molecule has 0 saturated carbocycles. The van der Waals surface area contributed by atoms with Gasteiger partial charge in [-0.1, -0.05) is 59.6 Å². The second-order valence-electron chi connectivity index (χ2n) is 8.31. The van der Waals surface area contributed by atoms with Gasteiger partial charge in [-0.05, 0) is 42.8 Å². The molecule has 34 heavy (non-hydrogen) atoms. The second-order valence-corrected chi connectivity index (χ2v) is 9.91. The highest BCUT2D eigenvalue weighted by Gasteiger charge is 2.61. The number of halogens is 1. The minimum Gasteiger partial charge on any atom is -0.350 e. The van der Waals surface area contributed by atoms with Crippen LogP contribution in [0.15, 0.2) is 72.8 Å². The predicted molar refractivity (Wildman–Crippen MR) is 135 cm³/mol. The van der Waals surface area contributed by atoms with Crippen LogP contribution >= 0.6 is 23.4 Å². The van der Waals surface area contributed by atoms with Crippen molar-refractivity contribution in [2.75, 3.05) is 22.1 Å². The molecular formula is C26H22ClN3O3S. The van der Waals surface area contributed by atoms with Gasteiger partial charge in [-0.15, -0.1) is 11.8 Å². The molecule has 2 aliphatic heterocycles. The Kier molecular flexibility index (Phi) is 5.83. The van der Waals surface area contributed by atoms with Crippen LogP contribution in [-0.2, 0) is 25.8 Å². The zero-order valence-electron chi connectivity index (χ0n) is 18.5. The third kappa shape index (κ3) is 3.75. The van der Waals surface area contributed by atoms with Crippen LogP contribution in [-0.4, -0.2) is 30.0 Å². The van der Waals surface area contributed by atoms with Gasteiger partial charge >= 0.3 is 0 Å². The van der Waals surface area contributed by atoms with Gasteiger partial charge in [0.15, 0.2) is 0 Å². The fourth-order valence-electron chi connectivity index (χ4n) is 4.41. The molecule has 1 atom stereocenters. The smallest absolute Gasteiger partial charge is 0.269 e. The SMILES string of the molecule is Cc1ccc(CNC(=O)CN2C(=O)[C@]3(SCC(=O)N3c3ccc(Cl)cc3)c3ccccc32)cc1. The number of benzene rings is 3. The van der Waals surface area contributed by atoms with Crippen molar-refractivity contribution in [3.63, 3.8) is 0 Å². The van der Waals surface area contributed by atoms with Gasteiger partial charge in [-0.2, -0.15) is 0 Å². The van der Waals surface area contributed by atoms with Crippen molar-refractivity contribution in [1.29, 1.82) is 0 Å². The normalized spacial score (nSPS) is 19.1. The molecule has 0 aromatic heterocycles. The van der Waals surface area contributed by atoms with Crippen molar-refractivity contribution in [3.05, 3.63) is 94.5 Å². The second kappa shape index (κ2) is 8.81. The molecule has 0 radical (unpaired) electrons. The molecular weight excluding hydrogens is 470 g/mol. The molecule has 5 rings (SSSR count). The zero-order valence-corrected chi connectivity index (χ0v) is 20.0. The lowest BCUT2D eigenvalue weighted by molar-refractivity contribution is -0.125. The van der Waals surface area contributed by atoms with Crippen molar-refractivity contribution in [2.45, 2.75) is 18.3 Å². The molecule has 3 aromatic carbocycles. The Morgan fingerprint density at radius 2 is 1.74 bits per heavy atom. The Morgan fingerprint density at radius 3 is 2.47 bits per heavy atom. The van der Waals surface area contributed by atoms with Crippen molar-refractivity contribution in [2.24, 2.45) is 0 Å². The summed E-state index contributed by atoms with van der Waals surface area (Å²) in [5.74, 6) is -0.574. The number of carbonyl (C=O) groups is 3. The van der Waals surface area contributed by atoms with Crippen LogP contribution in [0.1, 0.15) is 16.7 Å². The number of hydrogen-bond acceptors (Lipinski definition) is 4. The number of para-hydroxylation sites is 1. The maximum atomic E-state index is 13.9. The number of rotatable bonds is 5. The van der Waals surface area contributed by atoms with Crippen molar-refractivity contribution < 1.29 is 14.4 Å². The number of nitrogens with zero attached hydrogens (tertiary/aromatic N) is 2. The third-order valence-corrected chi connectivity index (χ3v) is 7.70. The fraction of sp³-hybridized carbons (Fsp3) is 0.192. The van der Waals surface area contributed by atoms with Gasteiger partial charge < -0.3 is 5.32 Å². The average Bonchev–Trinajstić information content (AvgIpc) is 3.30. The van der Waals surface area contributed by atoms with Crippen LogP contribution in [0.3, 0.4) is 0 Å². The monoisotopic (exact) mass is 491 g/mol. The van der Waals surface area contributed by atoms with Crippen molar-refractivity contribution >= 4 is 52.5 Å². The quantitative estimate of drug-likeness (QED) is 0.579. The summed E-state index contributed by atoms with van der Waals surface area (Å²) in [6, 6.07) is 22.1. The van der Waals surface area contributed by atoms with E-state index in [0.29, 0.717) is 28.5 Å². The summed E-state index contributed by atoms with van der Waals surface area (Å²) in [4.78, 5) is 41.6. The molecule has 0 bridgehead atoms. The van der Waals surface area contributed by atoms with Crippen molar-refractivity contribution in [1.82, 2.24) is 5.32 Å². The zero-order chi connectivity index (χ0) is 23.9. The van der Waals surface area contributed by atoms with Gasteiger partial charge in [-0.25, -0.2) is 0 Å². The molecule has 6 nitrogen and oxygen atoms in total. The van der Waals surface area contributed by atoms with Crippen LogP contribution in [0.5, 0.6) is 0 Å². The number of carbonyl (C=O) groups excluding carboxylic acids is 3. The van der Waals surface area contributed by atoms with E-state index in [4.69, 9.17) is 11.6 Å². The summed E-state index contributed by atoms with van der Waals surface area (Å²) in [6.07, 6.45) is 0. The van der Waals surface area contributed by atoms with E-state index in [9.17, 15) is 14.4 Å². The summed E-state index contributed by atoms with van der Waals surface area (Å²) < 4.78 is 0. The Morgan fingerprint density at radius 1 is 1.03 bits per heavy atom. The van der Waals surface area contributed by atoms with E-state index in [0.717, 1.165) is 11.1 Å². The Hall–Kier alpha value is -3.29. The molecule has 2 heterocycles. The number of hydrogen-bond donors (Lipinski definition) is 1. The number of aryl methyl sites for hydroxylation is 1. The molecule has 1 saturated heterocycles. The van der Waals surface area contributed by atoms with E-state index < -0.39 is 4.87 Å². The number of amides is 3. The fourth-order valence-corrected chi connectivity index (χ4v) is 5.89. The summed E-state index contributed by atoms with van der Waals surface area (Å²) in [7, 11) is 0. The highest BCUT2D eigenvalue weighted by atomic mass is 35.5. The van der Waals surface area contributed by atoms with E-state index in [-0.39, 0.29) is 30.0 Å². The van der Waals surface area contributed by atoms with E-state index >= 15 is 0 Å². The minimum atomic E-state index is -1.25. The molecule has 3 amide bonds. The van der Waals surface area contributed by atoms with Crippen LogP contribution in [0.25, 0.3) is 0 Å². The highest BCUT2D eigenvalue weighted by Crippen LogP contribution is 2.55. The lowest BCUT2D eigenvalue weighted by atomic mass is 10.0. The first-order valence-corrected chi connectivity index (χ1v) is 12.2. The molecule has 0 aliphatic carbocycles. The summed E-state index contributed by atoms with van der Waals surface area (Å²) >= 11 is 7.33. The lowest BCUT2D eigenvalue weighted by Crippen LogP contribution is -2.51. The Labute approximate surface area is 206 Å². The molecule has 8 heteroatoms. The Bertz CT molecular complexity index is 1280. The standard InChI is InChI=1S/C26H22ClN3O3S/c1-17-6-8-18(9-7-17)14-28-23(31)15-29-22-5-3-2-4-21(22)26(25(29)33)30(24(32)16-34-26)20-12-10-19(27)11-13-20/h2-13H,14-16H2,1H3,(H,28,31)/t26-/m1/s1. The number of anilines is 2. The first-order valence-electron chi connectivity index (χ1n) is 10.9. The lowest BCUT2D eigenvalue weighted by Gasteiger charge is -2.33. The van der Waals surface area contributed by atoms with Crippen LogP contribution in [0.4, 0.5) is 11.4 Å². The van der Waals surface area contributed by atoms with Crippen LogP contribution < -0.4 is 15.1 Å². The van der Waals surface area contributed by atoms with E-state index in [1.165, 1.54) is 16.7 Å². The predicted octanol–water partition coefficient (Wildman–Crippen LogP) is 4.24. The summed E-state index contributed by atoms with van der Waals surface area (Å²) in [5, 5.41) is 3.44. The van der Waals surface area contributed by atoms with Crippen LogP contribution in [0.2, 0.25) is 5.02 Å². The topological polar surface area (TPSA) is 69.7 Å². The summed E-state index contributed by atoms with van der Waals surface area (Å²) in [6.45, 7) is 2.25. The third-order valence-electron chi connectivity index (χ3n) is 6.06. The molecule has 0 unspecified atom stereocenters. The number of nitrogens with one attached hydrogen (secondary N) is 1. The van der Waals surface area contributed by atoms with Gasteiger partial charge in [0.25, 0.3) is 5.91 Å². The van der Waals surface area contributed by atoms with E-state index in [2.05, 4.69) is 5.32 Å². The highest BCUT2D eigenvalue weighted by molar-refractivity contribution is 8.02.